The number of nitrogens with one attached hydrogen (secondary N) is 1. The second kappa shape index (κ2) is 7.25. The van der Waals surface area contributed by atoms with E-state index in [0.29, 0.717) is 16.5 Å². The van der Waals surface area contributed by atoms with Crippen LogP contribution in [0.25, 0.3) is 0 Å². The molecule has 0 radical (unpaired) electrons. The van der Waals surface area contributed by atoms with E-state index >= 15 is 0 Å². The predicted molar refractivity (Wildman–Crippen MR) is 81.4 cm³/mol. The Morgan fingerprint density at radius 2 is 1.89 bits per heavy atom. The lowest BCUT2D eigenvalue weighted by Crippen LogP contribution is -2.39. The molecule has 0 atom stereocenters. The molecule has 0 saturated heterocycles. The van der Waals surface area contributed by atoms with Gasteiger partial charge in [-0.1, -0.05) is 45.4 Å². The van der Waals surface area contributed by atoms with Crippen LogP contribution in [-0.4, -0.2) is 13.1 Å². The minimum atomic E-state index is -0.225. The highest BCUT2D eigenvalue weighted by Gasteiger charge is 2.32. The molecule has 0 spiro atoms. The molecule has 1 N–H and O–H groups in total. The van der Waals surface area contributed by atoms with Crippen LogP contribution < -0.4 is 5.32 Å². The topological polar surface area (TPSA) is 12.0 Å². The summed E-state index contributed by atoms with van der Waals surface area (Å²) < 4.78 is 14.2. The van der Waals surface area contributed by atoms with Gasteiger partial charge in [0, 0.05) is 22.5 Å². The first kappa shape index (κ1) is 16.5. The first-order valence-corrected chi connectivity index (χ1v) is 7.49. The summed E-state index contributed by atoms with van der Waals surface area (Å²) in [5, 5.41) is 3.99. The number of rotatable bonds is 7. The number of hydrogen-bond donors (Lipinski definition) is 1. The lowest BCUT2D eigenvalue weighted by molar-refractivity contribution is 0.346. The Labute approximate surface area is 121 Å². The van der Waals surface area contributed by atoms with E-state index in [0.717, 1.165) is 25.9 Å². The fourth-order valence-corrected chi connectivity index (χ4v) is 2.91. The van der Waals surface area contributed by atoms with Crippen molar-refractivity contribution >= 4 is 11.6 Å². The molecule has 1 rings (SSSR count). The Balaban J connectivity index is 3.04. The molecule has 0 saturated carbocycles. The molecular weight excluding hydrogens is 261 g/mol. The van der Waals surface area contributed by atoms with Gasteiger partial charge in [-0.3, -0.25) is 0 Å². The molecule has 0 heterocycles. The Morgan fingerprint density at radius 1 is 1.26 bits per heavy atom. The molecule has 0 bridgehead atoms. The minimum Gasteiger partial charge on any atom is -0.316 e. The molecule has 0 unspecified atom stereocenters. The Bertz CT molecular complexity index is 379. The summed E-state index contributed by atoms with van der Waals surface area (Å²) in [5.41, 5.74) is 0.440. The molecule has 0 aliphatic carbocycles. The van der Waals surface area contributed by atoms with E-state index in [9.17, 15) is 4.39 Å². The zero-order valence-electron chi connectivity index (χ0n) is 12.4. The van der Waals surface area contributed by atoms with Crippen LogP contribution in [0.2, 0.25) is 5.02 Å². The Hall–Kier alpha value is -0.600. The highest BCUT2D eigenvalue weighted by atomic mass is 35.5. The third-order valence-electron chi connectivity index (χ3n) is 3.86. The van der Waals surface area contributed by atoms with Crippen LogP contribution in [0.5, 0.6) is 0 Å². The van der Waals surface area contributed by atoms with Crippen molar-refractivity contribution in [3.63, 3.8) is 0 Å². The van der Waals surface area contributed by atoms with Crippen molar-refractivity contribution < 1.29 is 4.39 Å². The van der Waals surface area contributed by atoms with Gasteiger partial charge in [0.1, 0.15) is 5.82 Å². The third-order valence-corrected chi connectivity index (χ3v) is 4.18. The smallest absolute Gasteiger partial charge is 0.128 e. The van der Waals surface area contributed by atoms with Crippen molar-refractivity contribution in [1.82, 2.24) is 5.32 Å². The first-order chi connectivity index (χ1) is 8.96. The van der Waals surface area contributed by atoms with Gasteiger partial charge < -0.3 is 5.32 Å². The molecule has 0 aliphatic heterocycles. The van der Waals surface area contributed by atoms with E-state index in [1.165, 1.54) is 6.07 Å². The van der Waals surface area contributed by atoms with Crippen molar-refractivity contribution in [2.75, 3.05) is 13.1 Å². The molecular formula is C16H25ClFN. The van der Waals surface area contributed by atoms with Gasteiger partial charge in [0.25, 0.3) is 0 Å². The molecule has 1 aromatic rings. The van der Waals surface area contributed by atoms with E-state index in [1.54, 1.807) is 12.1 Å². The zero-order chi connectivity index (χ0) is 14.5. The van der Waals surface area contributed by atoms with Crippen molar-refractivity contribution in [2.24, 2.45) is 5.92 Å². The van der Waals surface area contributed by atoms with E-state index in [2.05, 4.69) is 33.0 Å². The first-order valence-electron chi connectivity index (χ1n) is 7.12. The van der Waals surface area contributed by atoms with Gasteiger partial charge in [0.15, 0.2) is 0 Å². The summed E-state index contributed by atoms with van der Waals surface area (Å²) in [6.07, 6.45) is 1.74. The molecule has 108 valence electrons. The lowest BCUT2D eigenvalue weighted by atomic mass is 9.75. The lowest BCUT2D eigenvalue weighted by Gasteiger charge is -2.34. The molecule has 3 heteroatoms. The highest BCUT2D eigenvalue weighted by molar-refractivity contribution is 6.31. The molecule has 1 nitrogen and oxygen atoms in total. The van der Waals surface area contributed by atoms with Crippen LogP contribution in [0.4, 0.5) is 4.39 Å². The predicted octanol–water partition coefficient (Wildman–Crippen LogP) is 4.78. The van der Waals surface area contributed by atoms with Crippen molar-refractivity contribution in [1.29, 1.82) is 0 Å². The number of hydrogen-bond acceptors (Lipinski definition) is 1. The van der Waals surface area contributed by atoms with Gasteiger partial charge in [0.2, 0.25) is 0 Å². The maximum Gasteiger partial charge on any atom is 0.128 e. The van der Waals surface area contributed by atoms with Crippen molar-refractivity contribution in [3.05, 3.63) is 34.6 Å². The summed E-state index contributed by atoms with van der Waals surface area (Å²) >= 11 is 6.25. The van der Waals surface area contributed by atoms with E-state index in [4.69, 9.17) is 11.6 Å². The van der Waals surface area contributed by atoms with Crippen LogP contribution in [0.15, 0.2) is 18.2 Å². The quantitative estimate of drug-likeness (QED) is 0.760. The minimum absolute atomic E-state index is 0.192. The second-order valence-corrected chi connectivity index (χ2v) is 6.02. The maximum atomic E-state index is 14.2. The fourth-order valence-electron chi connectivity index (χ4n) is 2.55. The van der Waals surface area contributed by atoms with E-state index < -0.39 is 0 Å². The third kappa shape index (κ3) is 3.93. The SMILES string of the molecule is CCC(CC)(CNCC(C)C)c1c(F)cccc1Cl. The zero-order valence-corrected chi connectivity index (χ0v) is 13.1. The standard InChI is InChI=1S/C16H25ClFN/c1-5-16(6-2,11-19-10-12(3)4)15-13(17)8-7-9-14(15)18/h7-9,12,19H,5-6,10-11H2,1-4H3. The summed E-state index contributed by atoms with van der Waals surface area (Å²) in [4.78, 5) is 0. The van der Waals surface area contributed by atoms with Crippen molar-refractivity contribution in [3.8, 4) is 0 Å². The molecule has 0 amide bonds. The van der Waals surface area contributed by atoms with Gasteiger partial charge in [-0.25, -0.2) is 4.39 Å². The van der Waals surface area contributed by atoms with Gasteiger partial charge in [-0.2, -0.15) is 0 Å². The molecule has 0 aromatic heterocycles. The van der Waals surface area contributed by atoms with Crippen LogP contribution in [0.3, 0.4) is 0 Å². The summed E-state index contributed by atoms with van der Waals surface area (Å²) in [7, 11) is 0. The van der Waals surface area contributed by atoms with Gasteiger partial charge >= 0.3 is 0 Å². The van der Waals surface area contributed by atoms with Crippen molar-refractivity contribution in [2.45, 2.75) is 46.0 Å². The average molecular weight is 286 g/mol. The van der Waals surface area contributed by atoms with E-state index in [1.807, 2.05) is 0 Å². The highest BCUT2D eigenvalue weighted by Crippen LogP contribution is 2.37. The summed E-state index contributed by atoms with van der Waals surface area (Å²) in [6, 6.07) is 4.95. The van der Waals surface area contributed by atoms with Gasteiger partial charge in [-0.15, -0.1) is 0 Å². The van der Waals surface area contributed by atoms with Gasteiger partial charge in [0.05, 0.1) is 0 Å². The monoisotopic (exact) mass is 285 g/mol. The maximum absolute atomic E-state index is 14.2. The van der Waals surface area contributed by atoms with Gasteiger partial charge in [-0.05, 0) is 37.4 Å². The molecule has 1 aromatic carbocycles. The summed E-state index contributed by atoms with van der Waals surface area (Å²) in [6.45, 7) is 10.2. The molecule has 0 fully saturated rings. The number of halogens is 2. The van der Waals surface area contributed by atoms with Crippen LogP contribution in [0, 0.1) is 11.7 Å². The average Bonchev–Trinajstić information content (AvgIpc) is 2.36. The summed E-state index contributed by atoms with van der Waals surface area (Å²) in [5.74, 6) is 0.394. The molecule has 0 aliphatic rings. The van der Waals surface area contributed by atoms with Crippen LogP contribution >= 0.6 is 11.6 Å². The normalized spacial score (nSPS) is 12.2. The molecule has 19 heavy (non-hydrogen) atoms. The number of benzene rings is 1. The Morgan fingerprint density at radius 3 is 2.37 bits per heavy atom. The fraction of sp³-hybridized carbons (Fsp3) is 0.625. The largest absolute Gasteiger partial charge is 0.316 e. The van der Waals surface area contributed by atoms with Crippen LogP contribution in [-0.2, 0) is 5.41 Å². The van der Waals surface area contributed by atoms with E-state index in [-0.39, 0.29) is 11.2 Å². The second-order valence-electron chi connectivity index (χ2n) is 5.61. The van der Waals surface area contributed by atoms with Crippen LogP contribution in [0.1, 0.15) is 46.1 Å². The Kier molecular flexibility index (Phi) is 6.28.